The molecule has 1 heterocycles. The number of esters is 2. The van der Waals surface area contributed by atoms with Gasteiger partial charge in [-0.25, -0.2) is 0 Å². The maximum Gasteiger partial charge on any atom is 0.305 e. The summed E-state index contributed by atoms with van der Waals surface area (Å²) < 4.78 is 22.7. The van der Waals surface area contributed by atoms with E-state index in [-0.39, 0.29) is 54.0 Å². The van der Waals surface area contributed by atoms with Gasteiger partial charge in [-0.05, 0) is 69.8 Å². The average molecular weight is 519 g/mol. The predicted octanol–water partition coefficient (Wildman–Crippen LogP) is 5.71. The quantitative estimate of drug-likeness (QED) is 0.134. The maximum atomic E-state index is 13.0. The van der Waals surface area contributed by atoms with E-state index in [2.05, 4.69) is 19.1 Å². The van der Waals surface area contributed by atoms with Crippen molar-refractivity contribution in [2.75, 3.05) is 13.7 Å². The van der Waals surface area contributed by atoms with Crippen molar-refractivity contribution in [3.05, 3.63) is 24.3 Å². The molecule has 0 radical (unpaired) electrons. The number of hydrogen-bond acceptors (Lipinski definition) is 7. The van der Waals surface area contributed by atoms with Crippen LogP contribution in [0.4, 0.5) is 0 Å². The summed E-state index contributed by atoms with van der Waals surface area (Å²) in [5, 5.41) is 0. The highest BCUT2D eigenvalue weighted by atomic mass is 16.7. The van der Waals surface area contributed by atoms with Gasteiger partial charge in [-0.15, -0.1) is 0 Å². The van der Waals surface area contributed by atoms with Gasteiger partial charge in [0.05, 0.1) is 13.2 Å². The number of unbranched alkanes of at least 4 members (excludes halogenated alkanes) is 1. The SMILES string of the molecule is CCC1CCC(C(=O)/C=C/[C@@H]2[C@@H](C/C=C\CCCC(=O)OC)[C@@H](OC(C)=O)C[C@H]2OC2CCCCO2)C1. The molecule has 0 aromatic rings. The van der Waals surface area contributed by atoms with Crippen LogP contribution in [0.15, 0.2) is 24.3 Å². The molecule has 208 valence electrons. The Morgan fingerprint density at radius 3 is 2.54 bits per heavy atom. The summed E-state index contributed by atoms with van der Waals surface area (Å²) in [5.74, 6) is 0.414. The fourth-order valence-corrected chi connectivity index (χ4v) is 6.05. The molecular weight excluding hydrogens is 472 g/mol. The van der Waals surface area contributed by atoms with E-state index in [4.69, 9.17) is 18.9 Å². The molecule has 7 nitrogen and oxygen atoms in total. The van der Waals surface area contributed by atoms with Crippen LogP contribution in [0.2, 0.25) is 0 Å². The number of ketones is 1. The van der Waals surface area contributed by atoms with Crippen molar-refractivity contribution in [2.45, 2.75) is 109 Å². The van der Waals surface area contributed by atoms with Gasteiger partial charge in [0.1, 0.15) is 6.10 Å². The molecule has 0 spiro atoms. The lowest BCUT2D eigenvalue weighted by molar-refractivity contribution is -0.193. The van der Waals surface area contributed by atoms with E-state index >= 15 is 0 Å². The summed E-state index contributed by atoms with van der Waals surface area (Å²) >= 11 is 0. The number of rotatable bonds is 13. The molecule has 2 saturated carbocycles. The Morgan fingerprint density at radius 2 is 1.86 bits per heavy atom. The third kappa shape index (κ3) is 9.36. The molecule has 1 saturated heterocycles. The fraction of sp³-hybridized carbons (Fsp3) is 0.767. The highest BCUT2D eigenvalue weighted by molar-refractivity contribution is 5.91. The van der Waals surface area contributed by atoms with Crippen molar-refractivity contribution in [3.63, 3.8) is 0 Å². The van der Waals surface area contributed by atoms with Crippen LogP contribution in [-0.2, 0) is 33.3 Å². The Morgan fingerprint density at radius 1 is 1.03 bits per heavy atom. The number of allylic oxidation sites excluding steroid dienone is 3. The number of carbonyl (C=O) groups excluding carboxylic acids is 3. The summed E-state index contributed by atoms with van der Waals surface area (Å²) in [4.78, 5) is 36.3. The number of methoxy groups -OCH3 is 1. The molecule has 3 fully saturated rings. The molecule has 1 aliphatic heterocycles. The monoisotopic (exact) mass is 518 g/mol. The molecule has 2 aliphatic carbocycles. The molecule has 0 aromatic carbocycles. The highest BCUT2D eigenvalue weighted by Crippen LogP contribution is 2.41. The fourth-order valence-electron chi connectivity index (χ4n) is 6.05. The van der Waals surface area contributed by atoms with Crippen LogP contribution < -0.4 is 0 Å². The molecular formula is C30H46O7. The average Bonchev–Trinajstić information content (AvgIpc) is 3.49. The van der Waals surface area contributed by atoms with E-state index in [0.29, 0.717) is 31.8 Å². The minimum Gasteiger partial charge on any atom is -0.469 e. The minimum atomic E-state index is -0.304. The summed E-state index contributed by atoms with van der Waals surface area (Å²) in [5.41, 5.74) is 0. The predicted molar refractivity (Wildman–Crippen MR) is 141 cm³/mol. The second kappa shape index (κ2) is 15.4. The Kier molecular flexibility index (Phi) is 12.3. The molecule has 0 amide bonds. The summed E-state index contributed by atoms with van der Waals surface area (Å²) in [7, 11) is 1.40. The first-order chi connectivity index (χ1) is 17.9. The van der Waals surface area contributed by atoms with Gasteiger partial charge in [0.2, 0.25) is 0 Å². The van der Waals surface area contributed by atoms with Gasteiger partial charge in [0.15, 0.2) is 12.1 Å². The van der Waals surface area contributed by atoms with E-state index in [9.17, 15) is 14.4 Å². The lowest BCUT2D eigenvalue weighted by atomic mass is 9.88. The second-order valence-electron chi connectivity index (χ2n) is 10.8. The Bertz CT molecular complexity index is 798. The van der Waals surface area contributed by atoms with Gasteiger partial charge in [0, 0.05) is 44.1 Å². The van der Waals surface area contributed by atoms with E-state index in [1.807, 2.05) is 6.08 Å². The highest BCUT2D eigenvalue weighted by Gasteiger charge is 2.45. The smallest absolute Gasteiger partial charge is 0.305 e. The lowest BCUT2D eigenvalue weighted by Crippen LogP contribution is -2.30. The van der Waals surface area contributed by atoms with Crippen LogP contribution in [0, 0.1) is 23.7 Å². The summed E-state index contributed by atoms with van der Waals surface area (Å²) in [6, 6.07) is 0. The van der Waals surface area contributed by atoms with Gasteiger partial charge in [-0.3, -0.25) is 14.4 Å². The molecule has 7 atom stereocenters. The van der Waals surface area contributed by atoms with Gasteiger partial charge in [-0.1, -0.05) is 31.6 Å². The largest absolute Gasteiger partial charge is 0.469 e. The lowest BCUT2D eigenvalue weighted by Gasteiger charge is -2.29. The van der Waals surface area contributed by atoms with Crippen molar-refractivity contribution >= 4 is 17.7 Å². The molecule has 0 N–H and O–H groups in total. The zero-order valence-corrected chi connectivity index (χ0v) is 22.9. The van der Waals surface area contributed by atoms with Gasteiger partial charge in [-0.2, -0.15) is 0 Å². The molecule has 37 heavy (non-hydrogen) atoms. The first-order valence-electron chi connectivity index (χ1n) is 14.3. The molecule has 0 aromatic heterocycles. The normalized spacial score (nSPS) is 32.2. The van der Waals surface area contributed by atoms with Crippen LogP contribution in [0.3, 0.4) is 0 Å². The number of ether oxygens (including phenoxy) is 4. The first kappa shape index (κ1) is 29.6. The van der Waals surface area contributed by atoms with Crippen molar-refractivity contribution < 1.29 is 33.3 Å². The number of carbonyl (C=O) groups is 3. The van der Waals surface area contributed by atoms with Crippen LogP contribution >= 0.6 is 0 Å². The van der Waals surface area contributed by atoms with E-state index in [0.717, 1.165) is 57.8 Å². The molecule has 0 bridgehead atoms. The van der Waals surface area contributed by atoms with Crippen molar-refractivity contribution in [3.8, 4) is 0 Å². The zero-order valence-electron chi connectivity index (χ0n) is 22.9. The van der Waals surface area contributed by atoms with Gasteiger partial charge < -0.3 is 18.9 Å². The molecule has 3 aliphatic rings. The second-order valence-corrected chi connectivity index (χ2v) is 10.8. The van der Waals surface area contributed by atoms with E-state index in [1.54, 1.807) is 6.08 Å². The summed E-state index contributed by atoms with van der Waals surface area (Å²) in [6.45, 7) is 4.34. The third-order valence-electron chi connectivity index (χ3n) is 8.21. The molecule has 7 heteroatoms. The van der Waals surface area contributed by atoms with Crippen molar-refractivity contribution in [1.29, 1.82) is 0 Å². The summed E-state index contributed by atoms with van der Waals surface area (Å²) in [6.07, 6.45) is 17.6. The molecule has 3 unspecified atom stereocenters. The Balaban J connectivity index is 1.71. The Hall–Kier alpha value is -1.99. The topological polar surface area (TPSA) is 88.1 Å². The maximum absolute atomic E-state index is 13.0. The zero-order chi connectivity index (χ0) is 26.6. The first-order valence-corrected chi connectivity index (χ1v) is 14.3. The van der Waals surface area contributed by atoms with E-state index in [1.165, 1.54) is 14.0 Å². The van der Waals surface area contributed by atoms with Crippen LogP contribution in [-0.4, -0.2) is 49.9 Å². The molecule has 3 rings (SSSR count). The van der Waals surface area contributed by atoms with Gasteiger partial charge in [0.25, 0.3) is 0 Å². The van der Waals surface area contributed by atoms with Crippen LogP contribution in [0.25, 0.3) is 0 Å². The van der Waals surface area contributed by atoms with Crippen molar-refractivity contribution in [1.82, 2.24) is 0 Å². The number of hydrogen-bond donors (Lipinski definition) is 0. The minimum absolute atomic E-state index is 0.00497. The van der Waals surface area contributed by atoms with Crippen LogP contribution in [0.5, 0.6) is 0 Å². The third-order valence-corrected chi connectivity index (χ3v) is 8.21. The van der Waals surface area contributed by atoms with E-state index < -0.39 is 0 Å². The van der Waals surface area contributed by atoms with Crippen molar-refractivity contribution in [2.24, 2.45) is 23.7 Å². The standard InChI is InChI=1S/C30H46O7/c1-4-22-14-15-23(19-22)26(32)17-16-25-24(11-7-5-6-8-12-29(33)34-3)27(36-21(2)31)20-28(25)37-30-13-9-10-18-35-30/h5,7,16-17,22-25,27-28,30H,4,6,8-15,18-20H2,1-3H3/b7-5-,17-16+/t22?,23?,24-,25-,27+,28-,30?/m1/s1. The van der Waals surface area contributed by atoms with Crippen LogP contribution in [0.1, 0.15) is 90.9 Å². The Labute approximate surface area is 222 Å². The van der Waals surface area contributed by atoms with Gasteiger partial charge >= 0.3 is 11.9 Å².